The second-order valence-corrected chi connectivity index (χ2v) is 6.58. The molecule has 0 atom stereocenters. The van der Waals surface area contributed by atoms with Crippen molar-refractivity contribution in [3.63, 3.8) is 0 Å². The third-order valence-corrected chi connectivity index (χ3v) is 4.11. The minimum absolute atomic E-state index is 0.0871. The first-order valence-electron chi connectivity index (χ1n) is 9.14. The van der Waals surface area contributed by atoms with E-state index in [0.717, 1.165) is 12.3 Å². The number of carbonyl (C=O) groups excluding carboxylic acids is 1. The van der Waals surface area contributed by atoms with Gasteiger partial charge in [0.15, 0.2) is 6.61 Å². The van der Waals surface area contributed by atoms with Crippen LogP contribution in [0.25, 0.3) is 11.3 Å². The molecule has 12 nitrogen and oxygen atoms in total. The maximum atomic E-state index is 14.1. The molecule has 0 bridgehead atoms. The van der Waals surface area contributed by atoms with Crippen LogP contribution in [0.3, 0.4) is 0 Å². The summed E-state index contributed by atoms with van der Waals surface area (Å²) in [6, 6.07) is 8.60. The summed E-state index contributed by atoms with van der Waals surface area (Å²) in [4.78, 5) is 50.8. The molecule has 2 aromatic heterocycles. The number of halogens is 2. The first-order chi connectivity index (χ1) is 15.7. The number of hydrogen-bond acceptors (Lipinski definition) is 8. The molecule has 0 aliphatic rings. The number of anilines is 2. The van der Waals surface area contributed by atoms with Crippen LogP contribution in [-0.2, 0) is 4.74 Å². The fourth-order valence-electron chi connectivity index (χ4n) is 2.50. The van der Waals surface area contributed by atoms with E-state index in [4.69, 9.17) is 5.26 Å². The van der Waals surface area contributed by atoms with Crippen molar-refractivity contribution in [3.05, 3.63) is 73.3 Å². The summed E-state index contributed by atoms with van der Waals surface area (Å²) in [5, 5.41) is 18.9. The van der Waals surface area contributed by atoms with Gasteiger partial charge < -0.3 is 15.0 Å². The molecule has 0 spiro atoms. The van der Waals surface area contributed by atoms with Gasteiger partial charge in [-0.05, 0) is 30.3 Å². The van der Waals surface area contributed by atoms with Crippen LogP contribution in [0.1, 0.15) is 5.56 Å². The Hall–Kier alpha value is -4.80. The lowest BCUT2D eigenvalue weighted by atomic mass is 10.2. The molecule has 0 radical (unpaired) electrons. The summed E-state index contributed by atoms with van der Waals surface area (Å²) in [7, 11) is 0. The van der Waals surface area contributed by atoms with E-state index < -0.39 is 42.0 Å². The van der Waals surface area contributed by atoms with Gasteiger partial charge in [0.05, 0.1) is 29.4 Å². The van der Waals surface area contributed by atoms with Gasteiger partial charge in [-0.25, -0.2) is 23.5 Å². The molecule has 1 aromatic carbocycles. The first kappa shape index (κ1) is 22.9. The molecular weight excluding hydrogens is 444 g/mol. The Kier molecular flexibility index (Phi) is 6.63. The third-order valence-electron chi connectivity index (χ3n) is 4.11. The van der Waals surface area contributed by atoms with Crippen molar-refractivity contribution in [1.29, 1.82) is 5.26 Å². The number of alkyl halides is 2. The summed E-state index contributed by atoms with van der Waals surface area (Å²) in [5.74, 6) is -3.56. The third kappa shape index (κ3) is 6.10. The maximum absolute atomic E-state index is 14.1. The van der Waals surface area contributed by atoms with Crippen LogP contribution >= 0.6 is 0 Å². The number of rotatable bonds is 7. The number of amides is 1. The molecule has 5 N–H and O–H groups in total. The lowest BCUT2D eigenvalue weighted by Crippen LogP contribution is -2.35. The molecule has 3 aromatic rings. The Labute approximate surface area is 182 Å². The minimum atomic E-state index is -3.56. The Bertz CT molecular complexity index is 1370. The first-order valence-corrected chi connectivity index (χ1v) is 9.14. The lowest BCUT2D eigenvalue weighted by molar-refractivity contribution is -0.0406. The van der Waals surface area contributed by atoms with Gasteiger partial charge in [0.2, 0.25) is 0 Å². The molecule has 33 heavy (non-hydrogen) atoms. The molecule has 0 aliphatic heterocycles. The van der Waals surface area contributed by atoms with Gasteiger partial charge in [-0.3, -0.25) is 19.9 Å². The normalized spacial score (nSPS) is 10.8. The SMILES string of the molecule is N#Cc1ccc(NC(=O)OCC(F)(F)CNc2cc(-c3c[nH]c(=O)[nH]c3=O)n[nH]c2=O)cc1. The monoisotopic (exact) mass is 459 g/mol. The Morgan fingerprint density at radius 3 is 2.58 bits per heavy atom. The fourth-order valence-corrected chi connectivity index (χ4v) is 2.50. The molecule has 0 unspecified atom stereocenters. The van der Waals surface area contributed by atoms with Crippen molar-refractivity contribution < 1.29 is 18.3 Å². The average Bonchev–Trinajstić information content (AvgIpc) is 2.78. The van der Waals surface area contributed by atoms with Crippen LogP contribution in [0.2, 0.25) is 0 Å². The van der Waals surface area contributed by atoms with E-state index in [0.29, 0.717) is 5.56 Å². The second kappa shape index (κ2) is 9.56. The van der Waals surface area contributed by atoms with Gasteiger partial charge in [-0.2, -0.15) is 10.4 Å². The van der Waals surface area contributed by atoms with Crippen molar-refractivity contribution >= 4 is 17.5 Å². The molecular formula is C19H15F2N7O5. The number of aromatic amines is 3. The standard InChI is InChI=1S/C19H15F2N7O5/c20-19(21,9-33-18(32)25-11-3-1-10(6-22)2-4-11)8-24-14-5-13(27-28-16(14)30)12-7-23-17(31)26-15(12)29/h1-5,7H,8-9H2,(H,24,27)(H,25,32)(H,28,30)(H2,23,26,29,31). The molecule has 0 saturated carbocycles. The van der Waals surface area contributed by atoms with Gasteiger partial charge in [-0.15, -0.1) is 0 Å². The number of carbonyl (C=O) groups is 1. The van der Waals surface area contributed by atoms with Gasteiger partial charge in [0.1, 0.15) is 5.69 Å². The van der Waals surface area contributed by atoms with Crippen LogP contribution in [0.5, 0.6) is 0 Å². The van der Waals surface area contributed by atoms with E-state index in [2.05, 4.69) is 30.6 Å². The van der Waals surface area contributed by atoms with Crippen LogP contribution < -0.4 is 27.4 Å². The van der Waals surface area contributed by atoms with Crippen molar-refractivity contribution in [2.75, 3.05) is 23.8 Å². The summed E-state index contributed by atoms with van der Waals surface area (Å²) >= 11 is 0. The Morgan fingerprint density at radius 1 is 1.18 bits per heavy atom. The molecule has 0 fully saturated rings. The summed E-state index contributed by atoms with van der Waals surface area (Å²) in [6.45, 7) is -2.37. The summed E-state index contributed by atoms with van der Waals surface area (Å²) in [6.07, 6.45) is -0.0822. The molecule has 2 heterocycles. The number of ether oxygens (including phenoxy) is 1. The Morgan fingerprint density at radius 2 is 1.91 bits per heavy atom. The van der Waals surface area contributed by atoms with Gasteiger partial charge in [0, 0.05) is 11.9 Å². The number of H-pyrrole nitrogens is 3. The van der Waals surface area contributed by atoms with E-state index in [-0.39, 0.29) is 22.6 Å². The predicted molar refractivity (Wildman–Crippen MR) is 111 cm³/mol. The number of nitriles is 1. The van der Waals surface area contributed by atoms with E-state index in [1.165, 1.54) is 24.3 Å². The molecule has 14 heteroatoms. The van der Waals surface area contributed by atoms with Crippen LogP contribution in [0, 0.1) is 11.3 Å². The predicted octanol–water partition coefficient (Wildman–Crippen LogP) is 0.981. The van der Waals surface area contributed by atoms with E-state index in [1.54, 1.807) is 0 Å². The van der Waals surface area contributed by atoms with E-state index >= 15 is 0 Å². The van der Waals surface area contributed by atoms with Crippen molar-refractivity contribution in [2.24, 2.45) is 0 Å². The van der Waals surface area contributed by atoms with Crippen LogP contribution in [0.4, 0.5) is 25.0 Å². The summed E-state index contributed by atoms with van der Waals surface area (Å²) in [5.41, 5.74) is -2.31. The van der Waals surface area contributed by atoms with Crippen LogP contribution in [0.15, 0.2) is 50.9 Å². The highest BCUT2D eigenvalue weighted by molar-refractivity contribution is 5.84. The maximum Gasteiger partial charge on any atom is 0.411 e. The van der Waals surface area contributed by atoms with Gasteiger partial charge in [-0.1, -0.05) is 0 Å². The van der Waals surface area contributed by atoms with Crippen molar-refractivity contribution in [2.45, 2.75) is 5.92 Å². The topological polar surface area (TPSA) is 186 Å². The van der Waals surface area contributed by atoms with Crippen molar-refractivity contribution in [1.82, 2.24) is 20.2 Å². The number of nitrogens with zero attached hydrogens (tertiary/aromatic N) is 2. The van der Waals surface area contributed by atoms with Crippen LogP contribution in [-0.4, -0.2) is 45.3 Å². The molecule has 1 amide bonds. The number of nitrogens with one attached hydrogen (secondary N) is 5. The number of benzene rings is 1. The fraction of sp³-hybridized carbons (Fsp3) is 0.158. The average molecular weight is 459 g/mol. The smallest absolute Gasteiger partial charge is 0.411 e. The van der Waals surface area contributed by atoms with E-state index in [1.807, 2.05) is 11.1 Å². The second-order valence-electron chi connectivity index (χ2n) is 6.58. The largest absolute Gasteiger partial charge is 0.443 e. The van der Waals surface area contributed by atoms with E-state index in [9.17, 15) is 28.0 Å². The quantitative estimate of drug-likeness (QED) is 0.346. The zero-order valence-electron chi connectivity index (χ0n) is 16.6. The number of aromatic nitrogens is 4. The van der Waals surface area contributed by atoms with Gasteiger partial charge in [0.25, 0.3) is 17.0 Å². The number of hydrogen-bond donors (Lipinski definition) is 5. The highest BCUT2D eigenvalue weighted by atomic mass is 19.3. The highest BCUT2D eigenvalue weighted by Gasteiger charge is 2.31. The highest BCUT2D eigenvalue weighted by Crippen LogP contribution is 2.17. The molecule has 0 saturated heterocycles. The lowest BCUT2D eigenvalue weighted by Gasteiger charge is -2.17. The van der Waals surface area contributed by atoms with Crippen molar-refractivity contribution in [3.8, 4) is 17.3 Å². The minimum Gasteiger partial charge on any atom is -0.443 e. The molecule has 0 aliphatic carbocycles. The van der Waals surface area contributed by atoms with Gasteiger partial charge >= 0.3 is 11.8 Å². The zero-order valence-corrected chi connectivity index (χ0v) is 16.6. The molecule has 170 valence electrons. The summed E-state index contributed by atoms with van der Waals surface area (Å²) < 4.78 is 32.8. The zero-order chi connectivity index (χ0) is 24.0. The Balaban J connectivity index is 1.60. The molecule has 3 rings (SSSR count).